The molecule has 1 amide bonds. The number of carbonyl (C=O) groups excluding carboxylic acids is 2. The van der Waals surface area contributed by atoms with Gasteiger partial charge in [-0.3, -0.25) is 9.00 Å². The molecule has 2 rings (SSSR count). The number of thioether (sulfide) groups is 1. The van der Waals surface area contributed by atoms with E-state index in [2.05, 4.69) is 5.32 Å². The van der Waals surface area contributed by atoms with Crippen molar-refractivity contribution in [2.75, 3.05) is 18.3 Å². The number of hydrogen-bond donors (Lipinski definition) is 1. The van der Waals surface area contributed by atoms with Crippen molar-refractivity contribution in [3.63, 3.8) is 0 Å². The third-order valence-corrected chi connectivity index (χ3v) is 5.31. The molecule has 2 aromatic rings. The molecule has 0 aliphatic heterocycles. The Bertz CT molecular complexity index is 867. The second kappa shape index (κ2) is 10.2. The van der Waals surface area contributed by atoms with Gasteiger partial charge >= 0.3 is 6.09 Å². The van der Waals surface area contributed by atoms with Crippen LogP contribution >= 0.6 is 11.8 Å². The van der Waals surface area contributed by atoms with Gasteiger partial charge in [0.15, 0.2) is 5.78 Å². The van der Waals surface area contributed by atoms with Crippen LogP contribution < -0.4 is 5.32 Å². The van der Waals surface area contributed by atoms with E-state index in [1.807, 2.05) is 60.7 Å². The van der Waals surface area contributed by atoms with Gasteiger partial charge in [-0.1, -0.05) is 48.5 Å². The number of amides is 1. The van der Waals surface area contributed by atoms with Crippen molar-refractivity contribution < 1.29 is 18.5 Å². The fourth-order valence-electron chi connectivity index (χ4n) is 2.16. The highest BCUT2D eigenvalue weighted by Crippen LogP contribution is 2.18. The lowest BCUT2D eigenvalue weighted by Gasteiger charge is -2.16. The summed E-state index contributed by atoms with van der Waals surface area (Å²) in [5.74, 6) is -0.0694. The van der Waals surface area contributed by atoms with E-state index in [0.29, 0.717) is 5.75 Å². The molecule has 1 unspecified atom stereocenters. The number of nitrogens with one attached hydrogen (secondary N) is 1. The van der Waals surface area contributed by atoms with Gasteiger partial charge in [0.05, 0.1) is 0 Å². The average molecular weight is 406 g/mol. The van der Waals surface area contributed by atoms with Gasteiger partial charge in [-0.25, -0.2) is 4.79 Å². The molecule has 5 nitrogen and oxygen atoms in total. The summed E-state index contributed by atoms with van der Waals surface area (Å²) in [6, 6.07) is 18.0. The minimum absolute atomic E-state index is 0.113. The van der Waals surface area contributed by atoms with E-state index in [4.69, 9.17) is 4.74 Å². The van der Waals surface area contributed by atoms with Crippen molar-refractivity contribution >= 4 is 38.5 Å². The molecule has 0 fully saturated rings. The van der Waals surface area contributed by atoms with Crippen LogP contribution in [-0.2, 0) is 25.7 Å². The average Bonchev–Trinajstić information content (AvgIpc) is 2.63. The lowest BCUT2D eigenvalue weighted by Crippen LogP contribution is -2.44. The number of benzene rings is 2. The van der Waals surface area contributed by atoms with Gasteiger partial charge in [0.25, 0.3) is 0 Å². The molecule has 0 aliphatic carbocycles. The number of Topliss-reactive ketones (excluding diaryl/α,β-unsaturated/α-hetero) is 1. The summed E-state index contributed by atoms with van der Waals surface area (Å²) in [5.41, 5.74) is 0.853. The van der Waals surface area contributed by atoms with Crippen molar-refractivity contribution in [3.05, 3.63) is 66.2 Å². The monoisotopic (exact) mass is 405 g/mol. The summed E-state index contributed by atoms with van der Waals surface area (Å²) < 4.78 is 17.1. The lowest BCUT2D eigenvalue weighted by molar-refractivity contribution is -0.113. The summed E-state index contributed by atoms with van der Waals surface area (Å²) in [5, 5.41) is 3.77. The number of alkyl carbamates (subject to hydrolysis) is 1. The number of ketones is 1. The van der Waals surface area contributed by atoms with Crippen LogP contribution in [0.1, 0.15) is 5.56 Å². The Morgan fingerprint density at radius 1 is 1.07 bits per heavy atom. The molecule has 2 aromatic carbocycles. The summed E-state index contributed by atoms with van der Waals surface area (Å²) in [6.07, 6.45) is 2.29. The summed E-state index contributed by atoms with van der Waals surface area (Å²) in [4.78, 5) is 25.6. The van der Waals surface area contributed by atoms with Gasteiger partial charge in [0.1, 0.15) is 12.6 Å². The zero-order valence-corrected chi connectivity index (χ0v) is 16.9. The van der Waals surface area contributed by atoms with Crippen molar-refractivity contribution in [2.24, 2.45) is 0 Å². The largest absolute Gasteiger partial charge is 0.445 e. The molecule has 0 aromatic heterocycles. The molecular formula is C20H23NO4S2. The Kier molecular flexibility index (Phi) is 7.94. The highest BCUT2D eigenvalue weighted by molar-refractivity contribution is 8.01. The Morgan fingerprint density at radius 2 is 1.67 bits per heavy atom. The summed E-state index contributed by atoms with van der Waals surface area (Å²) in [6.45, 7) is 0.113. The SMILES string of the molecule is CS(C)(=O)=CC(=O)C(CSc1ccccc1)NC(=O)OCc1ccccc1. The Morgan fingerprint density at radius 3 is 2.26 bits per heavy atom. The van der Waals surface area contributed by atoms with Gasteiger partial charge in [0, 0.05) is 28.5 Å². The van der Waals surface area contributed by atoms with Crippen molar-refractivity contribution in [1.29, 1.82) is 0 Å². The topological polar surface area (TPSA) is 72.5 Å². The maximum absolute atomic E-state index is 12.5. The zero-order chi connectivity index (χ0) is 19.7. The molecule has 0 spiro atoms. The molecule has 1 N–H and O–H groups in total. The normalized spacial score (nSPS) is 12.1. The van der Waals surface area contributed by atoms with Crippen LogP contribution in [0, 0.1) is 0 Å². The Labute approximate surface area is 164 Å². The second-order valence-corrected chi connectivity index (χ2v) is 10.2. The van der Waals surface area contributed by atoms with Crippen LogP contribution in [0.3, 0.4) is 0 Å². The van der Waals surface area contributed by atoms with E-state index in [9.17, 15) is 13.8 Å². The van der Waals surface area contributed by atoms with E-state index in [1.165, 1.54) is 29.6 Å². The quantitative estimate of drug-likeness (QED) is 0.540. The first kappa shape index (κ1) is 21.1. The Hall–Kier alpha value is -2.25. The van der Waals surface area contributed by atoms with Crippen molar-refractivity contribution in [1.82, 2.24) is 5.32 Å². The molecule has 1 atom stereocenters. The van der Waals surface area contributed by atoms with Crippen molar-refractivity contribution in [3.8, 4) is 0 Å². The van der Waals surface area contributed by atoms with E-state index in [0.717, 1.165) is 10.5 Å². The van der Waals surface area contributed by atoms with Crippen LogP contribution in [0.2, 0.25) is 0 Å². The molecular weight excluding hydrogens is 382 g/mol. The van der Waals surface area contributed by atoms with Crippen LogP contribution in [0.15, 0.2) is 65.6 Å². The van der Waals surface area contributed by atoms with E-state index in [1.54, 1.807) is 0 Å². The van der Waals surface area contributed by atoms with Gasteiger partial charge in [-0.2, -0.15) is 0 Å². The molecule has 144 valence electrons. The van der Waals surface area contributed by atoms with Crippen LogP contribution in [-0.4, -0.2) is 45.8 Å². The minimum atomic E-state index is -2.37. The number of rotatable bonds is 8. The highest BCUT2D eigenvalue weighted by Gasteiger charge is 2.21. The first-order chi connectivity index (χ1) is 12.8. The maximum atomic E-state index is 12.5. The molecule has 0 radical (unpaired) electrons. The van der Waals surface area contributed by atoms with Gasteiger partial charge in [-0.15, -0.1) is 11.8 Å². The Balaban J connectivity index is 2.00. The minimum Gasteiger partial charge on any atom is -0.445 e. The fourth-order valence-corrected chi connectivity index (χ4v) is 3.84. The standard InChI is InChI=1S/C20H23NO4S2/c1-27(2,24)15-19(22)18(14-26-17-11-7-4-8-12-17)21-20(23)25-13-16-9-5-3-6-10-16/h3-12,15,18H,13-14H2,1-2H3,(H,21,23). The predicted molar refractivity (Wildman–Crippen MR) is 112 cm³/mol. The zero-order valence-electron chi connectivity index (χ0n) is 15.3. The van der Waals surface area contributed by atoms with Crippen LogP contribution in [0.25, 0.3) is 0 Å². The fraction of sp³-hybridized carbons (Fsp3) is 0.250. The van der Waals surface area contributed by atoms with Crippen molar-refractivity contribution in [2.45, 2.75) is 17.5 Å². The van der Waals surface area contributed by atoms with E-state index in [-0.39, 0.29) is 12.4 Å². The second-order valence-electron chi connectivity index (χ2n) is 6.21. The molecule has 0 bridgehead atoms. The van der Waals surface area contributed by atoms with Gasteiger partial charge < -0.3 is 10.1 Å². The number of carbonyl (C=O) groups is 2. The van der Waals surface area contributed by atoms with Gasteiger partial charge in [-0.05, 0) is 27.2 Å². The van der Waals surface area contributed by atoms with Gasteiger partial charge in [0.2, 0.25) is 0 Å². The first-order valence-corrected chi connectivity index (χ1v) is 11.7. The maximum Gasteiger partial charge on any atom is 0.408 e. The number of hydrogen-bond acceptors (Lipinski definition) is 5. The lowest BCUT2D eigenvalue weighted by atomic mass is 10.2. The van der Waals surface area contributed by atoms with E-state index < -0.39 is 21.7 Å². The van der Waals surface area contributed by atoms with E-state index >= 15 is 0 Å². The number of ether oxygens (including phenoxy) is 1. The van der Waals surface area contributed by atoms with Crippen LogP contribution in [0.4, 0.5) is 4.79 Å². The first-order valence-electron chi connectivity index (χ1n) is 8.31. The molecule has 0 aliphatic rings. The van der Waals surface area contributed by atoms with Crippen LogP contribution in [0.5, 0.6) is 0 Å². The summed E-state index contributed by atoms with van der Waals surface area (Å²) >= 11 is 1.44. The predicted octanol–water partition coefficient (Wildman–Crippen LogP) is 2.99. The summed E-state index contributed by atoms with van der Waals surface area (Å²) in [7, 11) is -2.37. The molecule has 27 heavy (non-hydrogen) atoms. The smallest absolute Gasteiger partial charge is 0.408 e. The molecule has 0 saturated heterocycles. The highest BCUT2D eigenvalue weighted by atomic mass is 32.2. The third-order valence-electron chi connectivity index (χ3n) is 3.41. The third kappa shape index (κ3) is 8.32. The molecule has 0 heterocycles. The molecule has 0 saturated carbocycles. The molecule has 7 heteroatoms.